The molecule has 1 saturated heterocycles. The first kappa shape index (κ1) is 20.2. The molecule has 0 radical (unpaired) electrons. The van der Waals surface area contributed by atoms with Crippen LogP contribution in [0.1, 0.15) is 23.2 Å². The van der Waals surface area contributed by atoms with Crippen LogP contribution in [0.2, 0.25) is 0 Å². The summed E-state index contributed by atoms with van der Waals surface area (Å²) in [6.45, 7) is 0.409. The van der Waals surface area contributed by atoms with Crippen LogP contribution >= 0.6 is 11.8 Å². The van der Waals surface area contributed by atoms with Crippen LogP contribution in [0.3, 0.4) is 0 Å². The van der Waals surface area contributed by atoms with E-state index in [1.165, 1.54) is 29.1 Å². The summed E-state index contributed by atoms with van der Waals surface area (Å²) in [5.74, 6) is -1.11. The third-order valence-corrected chi connectivity index (χ3v) is 5.97. The van der Waals surface area contributed by atoms with Crippen molar-refractivity contribution in [3.63, 3.8) is 0 Å². The molecule has 0 spiro atoms. The van der Waals surface area contributed by atoms with Crippen molar-refractivity contribution in [1.82, 2.24) is 15.5 Å². The molecule has 1 fully saturated rings. The zero-order valence-corrected chi connectivity index (χ0v) is 17.2. The third-order valence-electron chi connectivity index (χ3n) is 5.16. The number of aromatic nitrogens is 2. The summed E-state index contributed by atoms with van der Waals surface area (Å²) >= 11 is 1.31. The van der Waals surface area contributed by atoms with Gasteiger partial charge in [-0.05, 0) is 36.3 Å². The van der Waals surface area contributed by atoms with Crippen molar-refractivity contribution in [3.8, 4) is 11.1 Å². The first-order chi connectivity index (χ1) is 14.6. The molecule has 2 aromatic carbocycles. The Hall–Kier alpha value is -3.13. The maximum atomic E-state index is 15.5. The lowest BCUT2D eigenvalue weighted by molar-refractivity contribution is -0.121. The minimum Gasteiger partial charge on any atom is -0.340 e. The Morgan fingerprint density at radius 1 is 1.27 bits per heavy atom. The molecule has 0 aliphatic carbocycles. The lowest BCUT2D eigenvalue weighted by atomic mass is 10.0. The van der Waals surface area contributed by atoms with Gasteiger partial charge in [0, 0.05) is 12.7 Å². The number of nitrogens with one attached hydrogen (secondary N) is 2. The second-order valence-electron chi connectivity index (χ2n) is 6.99. The van der Waals surface area contributed by atoms with E-state index in [4.69, 9.17) is 0 Å². The van der Waals surface area contributed by atoms with E-state index >= 15 is 4.39 Å². The molecule has 0 saturated carbocycles. The molecule has 1 aromatic heterocycles. The van der Waals surface area contributed by atoms with Crippen molar-refractivity contribution >= 4 is 29.3 Å². The van der Waals surface area contributed by atoms with E-state index in [1.807, 2.05) is 42.7 Å². The third kappa shape index (κ3) is 3.82. The Kier molecular flexibility index (Phi) is 5.85. The predicted octanol–water partition coefficient (Wildman–Crippen LogP) is 3.86. The number of aromatic amines is 1. The highest BCUT2D eigenvalue weighted by molar-refractivity contribution is 7.98. The number of hydrogen-bond acceptors (Lipinski definition) is 4. The summed E-state index contributed by atoms with van der Waals surface area (Å²) < 4.78 is 15.5. The minimum atomic E-state index is -0.702. The summed E-state index contributed by atoms with van der Waals surface area (Å²) in [5, 5.41) is 9.06. The van der Waals surface area contributed by atoms with Crippen LogP contribution in [0.15, 0.2) is 59.8 Å². The van der Waals surface area contributed by atoms with Crippen molar-refractivity contribution in [2.75, 3.05) is 17.7 Å². The highest BCUT2D eigenvalue weighted by atomic mass is 32.2. The number of nitrogens with zero attached hydrogens (tertiary/aromatic N) is 2. The first-order valence-electron chi connectivity index (χ1n) is 9.63. The Labute approximate surface area is 177 Å². The van der Waals surface area contributed by atoms with Gasteiger partial charge in [-0.3, -0.25) is 14.7 Å². The number of H-pyrrole nitrogens is 1. The fourth-order valence-corrected chi connectivity index (χ4v) is 4.35. The highest BCUT2D eigenvalue weighted by Crippen LogP contribution is 2.38. The molecule has 3 aromatic rings. The summed E-state index contributed by atoms with van der Waals surface area (Å²) in [5.41, 5.74) is 2.30. The second kappa shape index (κ2) is 8.71. The molecule has 1 aliphatic heterocycles. The van der Waals surface area contributed by atoms with Crippen molar-refractivity contribution in [1.29, 1.82) is 0 Å². The average molecular weight is 425 g/mol. The number of anilines is 1. The molecule has 0 bridgehead atoms. The van der Waals surface area contributed by atoms with Crippen LogP contribution in [-0.2, 0) is 4.79 Å². The Morgan fingerprint density at radius 3 is 2.77 bits per heavy atom. The topological polar surface area (TPSA) is 78.1 Å². The van der Waals surface area contributed by atoms with E-state index in [1.54, 1.807) is 6.07 Å². The van der Waals surface area contributed by atoms with Gasteiger partial charge in [0.05, 0.1) is 22.3 Å². The maximum absolute atomic E-state index is 15.5. The number of hydrogen-bond donors (Lipinski definition) is 2. The van der Waals surface area contributed by atoms with Crippen LogP contribution in [0.5, 0.6) is 0 Å². The zero-order chi connectivity index (χ0) is 21.1. The van der Waals surface area contributed by atoms with Crippen LogP contribution < -0.4 is 10.2 Å². The SMILES string of the molecule is CSc1c(-c2ccccc2)ccc(N2CCCC(NC(=O)c3cn[nH]c3)C2=O)c1F. The van der Waals surface area contributed by atoms with Crippen LogP contribution in [0, 0.1) is 5.82 Å². The van der Waals surface area contributed by atoms with Gasteiger partial charge in [-0.15, -0.1) is 11.8 Å². The number of thioether (sulfide) groups is 1. The quantitative estimate of drug-likeness (QED) is 0.610. The molecular weight excluding hydrogens is 403 g/mol. The Balaban J connectivity index is 1.61. The lowest BCUT2D eigenvalue weighted by Crippen LogP contribution is -2.52. The largest absolute Gasteiger partial charge is 0.340 e. The van der Waals surface area contributed by atoms with Crippen LogP contribution in [0.25, 0.3) is 11.1 Å². The van der Waals surface area contributed by atoms with Crippen molar-refractivity contribution in [2.24, 2.45) is 0 Å². The van der Waals surface area contributed by atoms with Gasteiger partial charge >= 0.3 is 0 Å². The van der Waals surface area contributed by atoms with Gasteiger partial charge in [0.1, 0.15) is 6.04 Å². The van der Waals surface area contributed by atoms with Crippen LogP contribution in [-0.4, -0.2) is 40.9 Å². The van der Waals surface area contributed by atoms with E-state index in [0.29, 0.717) is 29.8 Å². The van der Waals surface area contributed by atoms with Crippen molar-refractivity contribution in [2.45, 2.75) is 23.8 Å². The second-order valence-corrected chi connectivity index (χ2v) is 7.81. The minimum absolute atomic E-state index is 0.242. The van der Waals surface area contributed by atoms with Gasteiger partial charge in [0.15, 0.2) is 5.82 Å². The molecule has 30 heavy (non-hydrogen) atoms. The van der Waals surface area contributed by atoms with Crippen molar-refractivity contribution < 1.29 is 14.0 Å². The van der Waals surface area contributed by atoms with Gasteiger partial charge < -0.3 is 10.2 Å². The number of piperidine rings is 1. The van der Waals surface area contributed by atoms with E-state index in [9.17, 15) is 9.59 Å². The molecular formula is C22H21FN4O2S. The number of halogens is 1. The zero-order valence-electron chi connectivity index (χ0n) is 16.4. The number of carbonyl (C=O) groups excluding carboxylic acids is 2. The number of rotatable bonds is 5. The van der Waals surface area contributed by atoms with Gasteiger partial charge in [0.25, 0.3) is 5.91 Å². The number of benzene rings is 2. The molecule has 154 valence electrons. The summed E-state index contributed by atoms with van der Waals surface area (Å²) in [6, 6.07) is 12.4. The van der Waals surface area contributed by atoms with E-state index in [0.717, 1.165) is 11.1 Å². The summed E-state index contributed by atoms with van der Waals surface area (Å²) in [7, 11) is 0. The number of amides is 2. The fraction of sp³-hybridized carbons (Fsp3) is 0.227. The Morgan fingerprint density at radius 2 is 2.07 bits per heavy atom. The molecule has 2 heterocycles. The standard InChI is InChI=1S/C22H21FN4O2S/c1-30-20-16(14-6-3-2-4-7-14)9-10-18(19(20)23)27-11-5-8-17(22(27)29)26-21(28)15-12-24-25-13-15/h2-4,6-7,9-10,12-13,17H,5,8,11H2,1H3,(H,24,25)(H,26,28). The molecule has 2 N–H and O–H groups in total. The van der Waals surface area contributed by atoms with E-state index in [2.05, 4.69) is 15.5 Å². The lowest BCUT2D eigenvalue weighted by Gasteiger charge is -2.33. The smallest absolute Gasteiger partial charge is 0.255 e. The van der Waals surface area contributed by atoms with Gasteiger partial charge in [-0.1, -0.05) is 36.4 Å². The average Bonchev–Trinajstić information content (AvgIpc) is 3.31. The maximum Gasteiger partial charge on any atom is 0.255 e. The molecule has 6 nitrogen and oxygen atoms in total. The highest BCUT2D eigenvalue weighted by Gasteiger charge is 2.33. The summed E-state index contributed by atoms with van der Waals surface area (Å²) in [4.78, 5) is 27.3. The Bertz CT molecular complexity index is 1060. The van der Waals surface area contributed by atoms with Gasteiger partial charge in [-0.2, -0.15) is 5.10 Å². The fourth-order valence-electron chi connectivity index (χ4n) is 3.66. The van der Waals surface area contributed by atoms with Crippen molar-refractivity contribution in [3.05, 3.63) is 66.2 Å². The van der Waals surface area contributed by atoms with Gasteiger partial charge in [0.2, 0.25) is 5.91 Å². The molecule has 1 atom stereocenters. The molecule has 1 unspecified atom stereocenters. The first-order valence-corrected chi connectivity index (χ1v) is 10.9. The molecule has 8 heteroatoms. The number of carbonyl (C=O) groups is 2. The van der Waals surface area contributed by atoms with Gasteiger partial charge in [-0.25, -0.2) is 4.39 Å². The molecule has 1 aliphatic rings. The summed E-state index contributed by atoms with van der Waals surface area (Å²) in [6.07, 6.45) is 5.86. The monoisotopic (exact) mass is 424 g/mol. The predicted molar refractivity (Wildman–Crippen MR) is 115 cm³/mol. The van der Waals surface area contributed by atoms with E-state index < -0.39 is 11.9 Å². The van der Waals surface area contributed by atoms with E-state index in [-0.39, 0.29) is 17.5 Å². The molecule has 4 rings (SSSR count). The van der Waals surface area contributed by atoms with Crippen LogP contribution in [0.4, 0.5) is 10.1 Å². The molecule has 2 amide bonds. The normalized spacial score (nSPS) is 16.5.